The number of rotatable bonds is 3. The average Bonchev–Trinajstić information content (AvgIpc) is 2.41. The maximum absolute atomic E-state index is 11.8. The van der Waals surface area contributed by atoms with Crippen molar-refractivity contribution in [2.24, 2.45) is 0 Å². The molecule has 0 fully saturated rings. The number of hydrogen-bond acceptors (Lipinski definition) is 3. The van der Waals surface area contributed by atoms with Crippen LogP contribution in [0.3, 0.4) is 0 Å². The van der Waals surface area contributed by atoms with Crippen molar-refractivity contribution in [2.45, 2.75) is 13.5 Å². The van der Waals surface area contributed by atoms with Crippen LogP contribution in [0.25, 0.3) is 0 Å². The molecule has 0 saturated carbocycles. The lowest BCUT2D eigenvalue weighted by molar-refractivity contribution is 0.0473. The summed E-state index contributed by atoms with van der Waals surface area (Å²) in [4.78, 5) is 11.8. The smallest absolute Gasteiger partial charge is 0.338 e. The van der Waals surface area contributed by atoms with Gasteiger partial charge in [0, 0.05) is 10.7 Å². The minimum atomic E-state index is -0.387. The standard InChI is InChI=1S/C15H14ClNO2/c1-10-2-5-12(8-14(10)17)15(18)19-9-11-3-6-13(16)7-4-11/h2-8H,9,17H2,1H3. The highest BCUT2D eigenvalue weighted by Gasteiger charge is 2.08. The quantitative estimate of drug-likeness (QED) is 0.688. The van der Waals surface area contributed by atoms with E-state index in [1.807, 2.05) is 19.1 Å². The molecule has 0 saturated heterocycles. The summed E-state index contributed by atoms with van der Waals surface area (Å²) in [6.07, 6.45) is 0. The monoisotopic (exact) mass is 275 g/mol. The minimum Gasteiger partial charge on any atom is -0.457 e. The summed E-state index contributed by atoms with van der Waals surface area (Å²) >= 11 is 5.78. The maximum atomic E-state index is 11.8. The molecule has 4 heteroatoms. The van der Waals surface area contributed by atoms with Crippen LogP contribution in [-0.4, -0.2) is 5.97 Å². The van der Waals surface area contributed by atoms with Crippen LogP contribution in [0.5, 0.6) is 0 Å². The molecule has 0 unspecified atom stereocenters. The molecular weight excluding hydrogens is 262 g/mol. The van der Waals surface area contributed by atoms with E-state index in [-0.39, 0.29) is 12.6 Å². The summed E-state index contributed by atoms with van der Waals surface area (Å²) in [6.45, 7) is 2.10. The predicted molar refractivity (Wildman–Crippen MR) is 76.2 cm³/mol. The number of ether oxygens (including phenoxy) is 1. The maximum Gasteiger partial charge on any atom is 0.338 e. The van der Waals surface area contributed by atoms with Gasteiger partial charge in [-0.2, -0.15) is 0 Å². The molecule has 3 nitrogen and oxygen atoms in total. The highest BCUT2D eigenvalue weighted by Crippen LogP contribution is 2.15. The van der Waals surface area contributed by atoms with Gasteiger partial charge in [0.2, 0.25) is 0 Å². The average molecular weight is 276 g/mol. The third kappa shape index (κ3) is 3.48. The Hall–Kier alpha value is -2.00. The van der Waals surface area contributed by atoms with Gasteiger partial charge in [-0.15, -0.1) is 0 Å². The second-order valence-electron chi connectivity index (χ2n) is 4.27. The third-order valence-electron chi connectivity index (χ3n) is 2.80. The van der Waals surface area contributed by atoms with Crippen LogP contribution in [-0.2, 0) is 11.3 Å². The number of hydrogen-bond donors (Lipinski definition) is 1. The van der Waals surface area contributed by atoms with E-state index < -0.39 is 0 Å². The second kappa shape index (κ2) is 5.76. The van der Waals surface area contributed by atoms with Gasteiger partial charge in [0.15, 0.2) is 0 Å². The van der Waals surface area contributed by atoms with Crippen LogP contribution in [0.4, 0.5) is 5.69 Å². The number of anilines is 1. The summed E-state index contributed by atoms with van der Waals surface area (Å²) < 4.78 is 5.21. The van der Waals surface area contributed by atoms with Crippen molar-refractivity contribution in [3.63, 3.8) is 0 Å². The molecule has 0 heterocycles. The van der Waals surface area contributed by atoms with Gasteiger partial charge in [0.1, 0.15) is 6.61 Å². The molecule has 0 atom stereocenters. The van der Waals surface area contributed by atoms with E-state index in [9.17, 15) is 4.79 Å². The molecule has 2 rings (SSSR count). The Balaban J connectivity index is 2.01. The summed E-state index contributed by atoms with van der Waals surface area (Å²) in [5.74, 6) is -0.387. The van der Waals surface area contributed by atoms with E-state index in [4.69, 9.17) is 22.1 Å². The van der Waals surface area contributed by atoms with Crippen molar-refractivity contribution in [3.8, 4) is 0 Å². The van der Waals surface area contributed by atoms with Crippen molar-refractivity contribution >= 4 is 23.3 Å². The number of carbonyl (C=O) groups is 1. The van der Waals surface area contributed by atoms with E-state index in [0.717, 1.165) is 11.1 Å². The molecular formula is C15H14ClNO2. The fourth-order valence-corrected chi connectivity index (χ4v) is 1.71. The van der Waals surface area contributed by atoms with Gasteiger partial charge < -0.3 is 10.5 Å². The summed E-state index contributed by atoms with van der Waals surface area (Å²) in [5, 5.41) is 0.654. The molecule has 2 aromatic carbocycles. The lowest BCUT2D eigenvalue weighted by Crippen LogP contribution is -2.06. The Kier molecular flexibility index (Phi) is 4.07. The normalized spacial score (nSPS) is 10.2. The molecule has 0 bridgehead atoms. The van der Waals surface area contributed by atoms with Crippen LogP contribution in [0.15, 0.2) is 42.5 Å². The molecule has 0 aliphatic carbocycles. The molecule has 0 radical (unpaired) electrons. The first kappa shape index (κ1) is 13.4. The van der Waals surface area contributed by atoms with E-state index in [2.05, 4.69) is 0 Å². The number of halogens is 1. The lowest BCUT2D eigenvalue weighted by Gasteiger charge is -2.07. The number of nitrogen functional groups attached to an aromatic ring is 1. The molecule has 0 amide bonds. The van der Waals surface area contributed by atoms with Crippen molar-refractivity contribution in [1.82, 2.24) is 0 Å². The zero-order chi connectivity index (χ0) is 13.8. The van der Waals surface area contributed by atoms with Gasteiger partial charge in [0.05, 0.1) is 5.56 Å². The SMILES string of the molecule is Cc1ccc(C(=O)OCc2ccc(Cl)cc2)cc1N. The molecule has 98 valence electrons. The first-order valence-corrected chi connectivity index (χ1v) is 6.22. The number of nitrogens with two attached hydrogens (primary N) is 1. The van der Waals surface area contributed by atoms with Crippen LogP contribution < -0.4 is 5.73 Å². The van der Waals surface area contributed by atoms with Crippen molar-refractivity contribution in [2.75, 3.05) is 5.73 Å². The molecule has 0 aliphatic rings. The van der Waals surface area contributed by atoms with Crippen molar-refractivity contribution < 1.29 is 9.53 Å². The first-order chi connectivity index (χ1) is 9.06. The Morgan fingerprint density at radius 1 is 1.21 bits per heavy atom. The van der Waals surface area contributed by atoms with Crippen LogP contribution >= 0.6 is 11.6 Å². The van der Waals surface area contributed by atoms with Crippen LogP contribution in [0, 0.1) is 6.92 Å². The van der Waals surface area contributed by atoms with Gasteiger partial charge in [0.25, 0.3) is 0 Å². The molecule has 0 aromatic heterocycles. The number of carbonyl (C=O) groups excluding carboxylic acids is 1. The third-order valence-corrected chi connectivity index (χ3v) is 3.05. The first-order valence-electron chi connectivity index (χ1n) is 5.84. The molecule has 2 aromatic rings. The Morgan fingerprint density at radius 2 is 1.89 bits per heavy atom. The Morgan fingerprint density at radius 3 is 2.53 bits per heavy atom. The number of benzene rings is 2. The van der Waals surface area contributed by atoms with E-state index >= 15 is 0 Å². The summed E-state index contributed by atoms with van der Waals surface area (Å²) in [6, 6.07) is 12.3. The second-order valence-corrected chi connectivity index (χ2v) is 4.71. The largest absolute Gasteiger partial charge is 0.457 e. The minimum absolute atomic E-state index is 0.212. The fraction of sp³-hybridized carbons (Fsp3) is 0.133. The van der Waals surface area contributed by atoms with Crippen molar-refractivity contribution in [1.29, 1.82) is 0 Å². The predicted octanol–water partition coefficient (Wildman–Crippen LogP) is 3.59. The highest BCUT2D eigenvalue weighted by molar-refractivity contribution is 6.30. The Bertz CT molecular complexity index is 594. The zero-order valence-corrected chi connectivity index (χ0v) is 11.3. The van der Waals surface area contributed by atoms with Crippen molar-refractivity contribution in [3.05, 3.63) is 64.2 Å². The van der Waals surface area contributed by atoms with Gasteiger partial charge in [-0.05, 0) is 42.3 Å². The molecule has 0 spiro atoms. The van der Waals surface area contributed by atoms with Gasteiger partial charge in [-0.1, -0.05) is 29.8 Å². The molecule has 19 heavy (non-hydrogen) atoms. The fourth-order valence-electron chi connectivity index (χ4n) is 1.58. The summed E-state index contributed by atoms with van der Waals surface area (Å²) in [7, 11) is 0. The lowest BCUT2D eigenvalue weighted by atomic mass is 10.1. The number of aryl methyl sites for hydroxylation is 1. The van der Waals surface area contributed by atoms with E-state index in [0.29, 0.717) is 16.3 Å². The summed E-state index contributed by atoms with van der Waals surface area (Å²) in [5.41, 5.74) is 8.63. The number of esters is 1. The van der Waals surface area contributed by atoms with E-state index in [1.54, 1.807) is 30.3 Å². The highest BCUT2D eigenvalue weighted by atomic mass is 35.5. The van der Waals surface area contributed by atoms with Gasteiger partial charge in [-0.3, -0.25) is 0 Å². The van der Waals surface area contributed by atoms with Gasteiger partial charge in [-0.25, -0.2) is 4.79 Å². The van der Waals surface area contributed by atoms with E-state index in [1.165, 1.54) is 0 Å². The van der Waals surface area contributed by atoms with Crippen LogP contribution in [0.1, 0.15) is 21.5 Å². The van der Waals surface area contributed by atoms with Crippen LogP contribution in [0.2, 0.25) is 5.02 Å². The topological polar surface area (TPSA) is 52.3 Å². The molecule has 0 aliphatic heterocycles. The van der Waals surface area contributed by atoms with Gasteiger partial charge >= 0.3 is 5.97 Å². The zero-order valence-electron chi connectivity index (χ0n) is 10.5. The Labute approximate surface area is 117 Å². The molecule has 2 N–H and O–H groups in total.